The first-order chi connectivity index (χ1) is 10.1. The van der Waals surface area contributed by atoms with Crippen LogP contribution in [0.3, 0.4) is 0 Å². The standard InChI is InChI=1S/C17H20N2O2/c1-12-9-15(14-5-4-6-16(20)10-14)11-19-17(12)13(2)18-7-8-21-3/h4-6,9-11,18,20H,2,7-8H2,1,3H3. The molecule has 0 atom stereocenters. The predicted octanol–water partition coefficient (Wildman–Crippen LogP) is 2.97. The summed E-state index contributed by atoms with van der Waals surface area (Å²) in [6, 6.07) is 9.18. The third-order valence-corrected chi connectivity index (χ3v) is 3.19. The number of nitrogens with zero attached hydrogens (tertiary/aromatic N) is 1. The molecular formula is C17H20N2O2. The van der Waals surface area contributed by atoms with Crippen LogP contribution in [0.5, 0.6) is 5.75 Å². The van der Waals surface area contributed by atoms with E-state index in [1.807, 2.05) is 25.1 Å². The van der Waals surface area contributed by atoms with Crippen LogP contribution in [0.1, 0.15) is 11.3 Å². The Labute approximate surface area is 125 Å². The van der Waals surface area contributed by atoms with E-state index < -0.39 is 0 Å². The number of phenolic OH excluding ortho intramolecular Hbond substituents is 1. The van der Waals surface area contributed by atoms with Crippen LogP contribution >= 0.6 is 0 Å². The summed E-state index contributed by atoms with van der Waals surface area (Å²) in [5.74, 6) is 0.250. The summed E-state index contributed by atoms with van der Waals surface area (Å²) in [6.45, 7) is 7.33. The third kappa shape index (κ3) is 3.83. The maximum atomic E-state index is 9.55. The quantitative estimate of drug-likeness (QED) is 0.801. The van der Waals surface area contributed by atoms with Crippen molar-refractivity contribution in [2.45, 2.75) is 6.92 Å². The summed E-state index contributed by atoms with van der Waals surface area (Å²) in [7, 11) is 1.66. The second-order valence-corrected chi connectivity index (χ2v) is 4.84. The van der Waals surface area contributed by atoms with Crippen molar-refractivity contribution in [3.05, 3.63) is 54.4 Å². The van der Waals surface area contributed by atoms with Gasteiger partial charge < -0.3 is 15.2 Å². The minimum Gasteiger partial charge on any atom is -0.508 e. The number of hydrogen-bond donors (Lipinski definition) is 2. The zero-order chi connectivity index (χ0) is 15.2. The van der Waals surface area contributed by atoms with Crippen molar-refractivity contribution < 1.29 is 9.84 Å². The fraction of sp³-hybridized carbons (Fsp3) is 0.235. The lowest BCUT2D eigenvalue weighted by atomic mass is 10.0. The minimum absolute atomic E-state index is 0.250. The number of hydrogen-bond acceptors (Lipinski definition) is 4. The smallest absolute Gasteiger partial charge is 0.116 e. The number of pyridine rings is 1. The molecule has 0 aliphatic heterocycles. The van der Waals surface area contributed by atoms with Gasteiger partial charge in [-0.1, -0.05) is 18.7 Å². The van der Waals surface area contributed by atoms with E-state index in [9.17, 15) is 5.11 Å². The Morgan fingerprint density at radius 2 is 2.14 bits per heavy atom. The van der Waals surface area contributed by atoms with E-state index in [0.717, 1.165) is 28.1 Å². The van der Waals surface area contributed by atoms with Crippen LogP contribution in [0.25, 0.3) is 16.8 Å². The lowest BCUT2D eigenvalue weighted by molar-refractivity contribution is 0.203. The summed E-state index contributed by atoms with van der Waals surface area (Å²) in [5.41, 5.74) is 4.57. The molecule has 2 rings (SSSR count). The summed E-state index contributed by atoms with van der Waals surface area (Å²) >= 11 is 0. The van der Waals surface area contributed by atoms with E-state index >= 15 is 0 Å². The van der Waals surface area contributed by atoms with E-state index in [-0.39, 0.29) is 5.75 Å². The van der Waals surface area contributed by atoms with Gasteiger partial charge in [-0.3, -0.25) is 4.98 Å². The van der Waals surface area contributed by atoms with Crippen molar-refractivity contribution in [2.24, 2.45) is 0 Å². The zero-order valence-corrected chi connectivity index (χ0v) is 12.4. The number of aryl methyl sites for hydroxylation is 1. The second-order valence-electron chi connectivity index (χ2n) is 4.84. The summed E-state index contributed by atoms with van der Waals surface area (Å²) < 4.78 is 5.00. The van der Waals surface area contributed by atoms with Crippen LogP contribution in [-0.2, 0) is 4.74 Å². The molecule has 0 fully saturated rings. The summed E-state index contributed by atoms with van der Waals surface area (Å²) in [4.78, 5) is 4.48. The zero-order valence-electron chi connectivity index (χ0n) is 12.4. The predicted molar refractivity (Wildman–Crippen MR) is 85.0 cm³/mol. The van der Waals surface area contributed by atoms with E-state index in [0.29, 0.717) is 13.2 Å². The molecule has 2 N–H and O–H groups in total. The average Bonchev–Trinajstić information content (AvgIpc) is 2.47. The molecule has 0 aliphatic rings. The normalized spacial score (nSPS) is 10.4. The maximum Gasteiger partial charge on any atom is 0.116 e. The molecule has 110 valence electrons. The average molecular weight is 284 g/mol. The van der Waals surface area contributed by atoms with Gasteiger partial charge in [0.15, 0.2) is 0 Å². The fourth-order valence-corrected chi connectivity index (χ4v) is 2.12. The van der Waals surface area contributed by atoms with E-state index in [4.69, 9.17) is 4.74 Å². The molecule has 0 saturated heterocycles. The number of benzene rings is 1. The number of methoxy groups -OCH3 is 1. The monoisotopic (exact) mass is 284 g/mol. The van der Waals surface area contributed by atoms with Crippen LogP contribution in [0.15, 0.2) is 43.1 Å². The Bertz CT molecular complexity index is 638. The molecule has 0 aliphatic carbocycles. The van der Waals surface area contributed by atoms with Gasteiger partial charge in [0.25, 0.3) is 0 Å². The first-order valence-corrected chi connectivity index (χ1v) is 6.80. The molecule has 2 aromatic rings. The second kappa shape index (κ2) is 6.90. The molecular weight excluding hydrogens is 264 g/mol. The molecule has 4 nitrogen and oxygen atoms in total. The molecule has 0 unspecified atom stereocenters. The van der Waals surface area contributed by atoms with Gasteiger partial charge in [-0.15, -0.1) is 0 Å². The first-order valence-electron chi connectivity index (χ1n) is 6.80. The Hall–Kier alpha value is -2.33. The van der Waals surface area contributed by atoms with E-state index in [1.165, 1.54) is 0 Å². The van der Waals surface area contributed by atoms with Gasteiger partial charge in [-0.25, -0.2) is 0 Å². The highest BCUT2D eigenvalue weighted by Crippen LogP contribution is 2.25. The molecule has 1 heterocycles. The Morgan fingerprint density at radius 3 is 2.81 bits per heavy atom. The van der Waals surface area contributed by atoms with Gasteiger partial charge in [0.1, 0.15) is 5.75 Å². The topological polar surface area (TPSA) is 54.4 Å². The lowest BCUT2D eigenvalue weighted by Gasteiger charge is -2.12. The molecule has 0 amide bonds. The van der Waals surface area contributed by atoms with Crippen LogP contribution in [0.2, 0.25) is 0 Å². The maximum absolute atomic E-state index is 9.55. The highest BCUT2D eigenvalue weighted by Gasteiger charge is 2.07. The van der Waals surface area contributed by atoms with Crippen LogP contribution in [0, 0.1) is 6.92 Å². The van der Waals surface area contributed by atoms with Crippen LogP contribution < -0.4 is 5.32 Å². The van der Waals surface area contributed by atoms with Gasteiger partial charge in [0.2, 0.25) is 0 Å². The van der Waals surface area contributed by atoms with Gasteiger partial charge in [-0.2, -0.15) is 0 Å². The molecule has 0 radical (unpaired) electrons. The summed E-state index contributed by atoms with van der Waals surface area (Å²) in [5, 5.41) is 12.7. The van der Waals surface area contributed by atoms with Gasteiger partial charge >= 0.3 is 0 Å². The highest BCUT2D eigenvalue weighted by atomic mass is 16.5. The molecule has 21 heavy (non-hydrogen) atoms. The van der Waals surface area contributed by atoms with Crippen molar-refractivity contribution in [3.63, 3.8) is 0 Å². The Kier molecular flexibility index (Phi) is 4.95. The molecule has 4 heteroatoms. The summed E-state index contributed by atoms with van der Waals surface area (Å²) in [6.07, 6.45) is 1.79. The van der Waals surface area contributed by atoms with Crippen LogP contribution in [0.4, 0.5) is 0 Å². The first kappa shape index (κ1) is 15.1. The van der Waals surface area contributed by atoms with E-state index in [2.05, 4.69) is 16.9 Å². The fourth-order valence-electron chi connectivity index (χ4n) is 2.12. The Morgan fingerprint density at radius 1 is 1.33 bits per heavy atom. The number of rotatable bonds is 6. The number of nitrogens with one attached hydrogen (secondary N) is 1. The van der Waals surface area contributed by atoms with Gasteiger partial charge in [0.05, 0.1) is 18.0 Å². The van der Waals surface area contributed by atoms with Gasteiger partial charge in [-0.05, 0) is 36.2 Å². The highest BCUT2D eigenvalue weighted by molar-refractivity contribution is 5.69. The molecule has 0 saturated carbocycles. The SMILES string of the molecule is C=C(NCCOC)c1ncc(-c2cccc(O)c2)cc1C. The molecule has 0 bridgehead atoms. The van der Waals surface area contributed by atoms with Crippen molar-refractivity contribution >= 4 is 5.70 Å². The minimum atomic E-state index is 0.250. The largest absolute Gasteiger partial charge is 0.508 e. The molecule has 0 spiro atoms. The van der Waals surface area contributed by atoms with Crippen molar-refractivity contribution in [1.29, 1.82) is 0 Å². The number of phenols is 1. The number of aromatic nitrogens is 1. The number of ether oxygens (including phenoxy) is 1. The van der Waals surface area contributed by atoms with Crippen molar-refractivity contribution in [1.82, 2.24) is 10.3 Å². The van der Waals surface area contributed by atoms with Crippen molar-refractivity contribution in [2.75, 3.05) is 20.3 Å². The number of aromatic hydroxyl groups is 1. The lowest BCUT2D eigenvalue weighted by Crippen LogP contribution is -2.18. The molecule has 1 aromatic heterocycles. The molecule has 1 aromatic carbocycles. The van der Waals surface area contributed by atoms with E-state index in [1.54, 1.807) is 25.4 Å². The van der Waals surface area contributed by atoms with Crippen LogP contribution in [-0.4, -0.2) is 30.4 Å². The Balaban J connectivity index is 2.19. The van der Waals surface area contributed by atoms with Gasteiger partial charge in [0, 0.05) is 25.4 Å². The third-order valence-electron chi connectivity index (χ3n) is 3.19. The van der Waals surface area contributed by atoms with Crippen molar-refractivity contribution in [3.8, 4) is 16.9 Å².